The van der Waals surface area contributed by atoms with Crippen LogP contribution in [0.1, 0.15) is 23.0 Å². The highest BCUT2D eigenvalue weighted by Gasteiger charge is 2.27. The smallest absolute Gasteiger partial charge is 0.272 e. The zero-order chi connectivity index (χ0) is 15.6. The number of nitrogens with zero attached hydrogens (tertiary/aromatic N) is 3. The van der Waals surface area contributed by atoms with Gasteiger partial charge in [-0.05, 0) is 18.6 Å². The van der Waals surface area contributed by atoms with Gasteiger partial charge in [-0.1, -0.05) is 13.0 Å². The third kappa shape index (κ3) is 3.06. The van der Waals surface area contributed by atoms with Gasteiger partial charge in [0.15, 0.2) is 0 Å². The van der Waals surface area contributed by atoms with Gasteiger partial charge in [0.2, 0.25) is 0 Å². The van der Waals surface area contributed by atoms with E-state index in [2.05, 4.69) is 4.98 Å². The number of hydrogen-bond donors (Lipinski definition) is 2. The highest BCUT2D eigenvalue weighted by molar-refractivity contribution is 5.93. The zero-order valence-electron chi connectivity index (χ0n) is 12.6. The maximum absolute atomic E-state index is 12.5. The normalized spacial score (nSPS) is 11.9. The number of aliphatic hydroxyl groups is 2. The lowest BCUT2D eigenvalue weighted by Crippen LogP contribution is -2.42. The second-order valence-electron chi connectivity index (χ2n) is 5.87. The summed E-state index contributed by atoms with van der Waals surface area (Å²) in [4.78, 5) is 18.3. The van der Waals surface area contributed by atoms with Gasteiger partial charge >= 0.3 is 0 Å². The first-order valence-corrected chi connectivity index (χ1v) is 6.81. The standard InChI is InChI=1S/C15H21N3O3/c1-11-4-5-13-16-6-12(18(13)7-11)14(21)17(3)8-15(2,9-19)10-20/h4-7,19-20H,8-10H2,1-3H3. The highest BCUT2D eigenvalue weighted by Crippen LogP contribution is 2.17. The Bertz CT molecular complexity index is 647. The molecule has 6 nitrogen and oxygen atoms in total. The molecule has 21 heavy (non-hydrogen) atoms. The van der Waals surface area contributed by atoms with Crippen LogP contribution in [-0.4, -0.2) is 57.2 Å². The molecular formula is C15H21N3O3. The van der Waals surface area contributed by atoms with Crippen molar-refractivity contribution in [2.45, 2.75) is 13.8 Å². The van der Waals surface area contributed by atoms with Crippen molar-refractivity contribution in [2.24, 2.45) is 5.41 Å². The van der Waals surface area contributed by atoms with Crippen molar-refractivity contribution < 1.29 is 15.0 Å². The number of pyridine rings is 1. The van der Waals surface area contributed by atoms with E-state index in [-0.39, 0.29) is 25.7 Å². The van der Waals surface area contributed by atoms with Gasteiger partial charge in [-0.2, -0.15) is 0 Å². The van der Waals surface area contributed by atoms with E-state index < -0.39 is 5.41 Å². The molecule has 6 heteroatoms. The van der Waals surface area contributed by atoms with Crippen molar-refractivity contribution >= 4 is 11.6 Å². The molecule has 2 aromatic heterocycles. The van der Waals surface area contributed by atoms with Gasteiger partial charge in [-0.3, -0.25) is 9.20 Å². The molecule has 0 spiro atoms. The fourth-order valence-electron chi connectivity index (χ4n) is 2.23. The van der Waals surface area contributed by atoms with Crippen LogP contribution in [0.5, 0.6) is 0 Å². The molecule has 0 unspecified atom stereocenters. The molecule has 2 aromatic rings. The lowest BCUT2D eigenvalue weighted by molar-refractivity contribution is 0.0363. The third-order valence-electron chi connectivity index (χ3n) is 3.60. The molecular weight excluding hydrogens is 270 g/mol. The Morgan fingerprint density at radius 2 is 2.05 bits per heavy atom. The summed E-state index contributed by atoms with van der Waals surface area (Å²) < 4.78 is 1.75. The Morgan fingerprint density at radius 3 is 2.67 bits per heavy atom. The van der Waals surface area contributed by atoms with Gasteiger partial charge in [-0.25, -0.2) is 4.98 Å². The van der Waals surface area contributed by atoms with Crippen molar-refractivity contribution in [3.63, 3.8) is 0 Å². The van der Waals surface area contributed by atoms with E-state index in [0.717, 1.165) is 5.56 Å². The SMILES string of the molecule is Cc1ccc2ncc(C(=O)N(C)CC(C)(CO)CO)n2c1. The van der Waals surface area contributed by atoms with Crippen LogP contribution in [0.15, 0.2) is 24.5 Å². The maximum Gasteiger partial charge on any atom is 0.272 e. The third-order valence-corrected chi connectivity index (χ3v) is 3.60. The molecule has 2 N–H and O–H groups in total. The first kappa shape index (κ1) is 15.5. The van der Waals surface area contributed by atoms with E-state index in [1.165, 1.54) is 4.90 Å². The number of imidazole rings is 1. The van der Waals surface area contributed by atoms with E-state index in [0.29, 0.717) is 11.3 Å². The average Bonchev–Trinajstić information content (AvgIpc) is 2.89. The quantitative estimate of drug-likeness (QED) is 0.850. The number of carbonyl (C=O) groups excluding carboxylic acids is 1. The summed E-state index contributed by atoms with van der Waals surface area (Å²) in [5.74, 6) is -0.193. The van der Waals surface area contributed by atoms with Crippen LogP contribution >= 0.6 is 0 Å². The van der Waals surface area contributed by atoms with E-state index in [1.54, 1.807) is 24.6 Å². The van der Waals surface area contributed by atoms with Crippen molar-refractivity contribution in [2.75, 3.05) is 26.8 Å². The van der Waals surface area contributed by atoms with Crippen LogP contribution in [0.2, 0.25) is 0 Å². The van der Waals surface area contributed by atoms with Crippen molar-refractivity contribution in [3.8, 4) is 0 Å². The van der Waals surface area contributed by atoms with Crippen LogP contribution < -0.4 is 0 Å². The van der Waals surface area contributed by atoms with Crippen LogP contribution in [0.4, 0.5) is 0 Å². The van der Waals surface area contributed by atoms with E-state index >= 15 is 0 Å². The minimum atomic E-state index is -0.721. The van der Waals surface area contributed by atoms with Gasteiger partial charge in [0.05, 0.1) is 19.4 Å². The minimum Gasteiger partial charge on any atom is -0.396 e. The molecule has 0 bridgehead atoms. The molecule has 2 heterocycles. The van der Waals surface area contributed by atoms with Crippen LogP contribution in [0.25, 0.3) is 5.65 Å². The molecule has 0 fully saturated rings. The van der Waals surface area contributed by atoms with Gasteiger partial charge in [0.1, 0.15) is 11.3 Å². The Labute approximate surface area is 123 Å². The van der Waals surface area contributed by atoms with E-state index in [4.69, 9.17) is 0 Å². The Kier molecular flexibility index (Phi) is 4.29. The van der Waals surface area contributed by atoms with Gasteiger partial charge < -0.3 is 15.1 Å². The van der Waals surface area contributed by atoms with Crippen molar-refractivity contribution in [1.29, 1.82) is 0 Å². The van der Waals surface area contributed by atoms with Crippen molar-refractivity contribution in [3.05, 3.63) is 35.8 Å². The Hall–Kier alpha value is -1.92. The molecule has 0 aliphatic rings. The number of carbonyl (C=O) groups is 1. The number of rotatable bonds is 5. The van der Waals surface area contributed by atoms with Crippen LogP contribution in [-0.2, 0) is 0 Å². The summed E-state index contributed by atoms with van der Waals surface area (Å²) in [6, 6.07) is 3.80. The summed E-state index contributed by atoms with van der Waals surface area (Å²) in [5.41, 5.74) is 1.49. The molecule has 0 aliphatic carbocycles. The fraction of sp³-hybridized carbons (Fsp3) is 0.467. The molecule has 0 atom stereocenters. The topological polar surface area (TPSA) is 78.1 Å². The number of fused-ring (bicyclic) bond motifs is 1. The second-order valence-corrected chi connectivity index (χ2v) is 5.87. The summed E-state index contributed by atoms with van der Waals surface area (Å²) in [5, 5.41) is 18.7. The monoisotopic (exact) mass is 291 g/mol. The molecule has 0 saturated heterocycles. The summed E-state index contributed by atoms with van der Waals surface area (Å²) >= 11 is 0. The molecule has 0 saturated carbocycles. The zero-order valence-corrected chi connectivity index (χ0v) is 12.6. The molecule has 1 amide bonds. The van der Waals surface area contributed by atoms with Crippen molar-refractivity contribution in [1.82, 2.24) is 14.3 Å². The van der Waals surface area contributed by atoms with E-state index in [1.807, 2.05) is 25.3 Å². The van der Waals surface area contributed by atoms with Gasteiger partial charge in [0, 0.05) is 25.2 Å². The lowest BCUT2D eigenvalue weighted by atomic mass is 9.92. The number of aryl methyl sites for hydroxylation is 1. The first-order valence-electron chi connectivity index (χ1n) is 6.81. The van der Waals surface area contributed by atoms with Gasteiger partial charge in [-0.15, -0.1) is 0 Å². The Balaban J connectivity index is 2.27. The lowest BCUT2D eigenvalue weighted by Gasteiger charge is -2.30. The van der Waals surface area contributed by atoms with E-state index in [9.17, 15) is 15.0 Å². The summed E-state index contributed by atoms with van der Waals surface area (Å²) in [6.45, 7) is 3.57. The molecule has 114 valence electrons. The van der Waals surface area contributed by atoms with Crippen LogP contribution in [0.3, 0.4) is 0 Å². The van der Waals surface area contributed by atoms with Gasteiger partial charge in [0.25, 0.3) is 5.91 Å². The van der Waals surface area contributed by atoms with Crippen LogP contribution in [0, 0.1) is 12.3 Å². The maximum atomic E-state index is 12.5. The minimum absolute atomic E-state index is 0.187. The number of amides is 1. The first-order chi connectivity index (χ1) is 9.90. The Morgan fingerprint density at radius 1 is 1.38 bits per heavy atom. The fourth-order valence-corrected chi connectivity index (χ4v) is 2.23. The molecule has 0 aromatic carbocycles. The molecule has 2 rings (SSSR count). The predicted octanol–water partition coefficient (Wildman–Crippen LogP) is 0.706. The summed E-state index contributed by atoms with van der Waals surface area (Å²) in [7, 11) is 1.65. The number of hydrogen-bond acceptors (Lipinski definition) is 4. The predicted molar refractivity (Wildman–Crippen MR) is 79.2 cm³/mol. The second kappa shape index (κ2) is 5.83. The highest BCUT2D eigenvalue weighted by atomic mass is 16.3. The average molecular weight is 291 g/mol. The largest absolute Gasteiger partial charge is 0.396 e. The summed E-state index contributed by atoms with van der Waals surface area (Å²) in [6.07, 6.45) is 3.41. The molecule has 0 aliphatic heterocycles. The number of aliphatic hydroxyl groups excluding tert-OH is 2. The number of aromatic nitrogens is 2. The molecule has 0 radical (unpaired) electrons.